The minimum absolute atomic E-state index is 0.240. The number of anilines is 1. The molecule has 0 unspecified atom stereocenters. The molecule has 1 aromatic rings. The van der Waals surface area contributed by atoms with Crippen LogP contribution >= 0.6 is 11.3 Å². The van der Waals surface area contributed by atoms with Crippen LogP contribution in [0.15, 0.2) is 10.5 Å². The van der Waals surface area contributed by atoms with Gasteiger partial charge < -0.3 is 9.94 Å². The summed E-state index contributed by atoms with van der Waals surface area (Å²) in [7, 11) is -3.61. The van der Waals surface area contributed by atoms with Crippen LogP contribution in [0.4, 0.5) is 5.13 Å². The molecule has 2 N–H and O–H groups in total. The Labute approximate surface area is 114 Å². The summed E-state index contributed by atoms with van der Waals surface area (Å²) in [5.41, 5.74) is 0.764. The van der Waals surface area contributed by atoms with Gasteiger partial charge >= 0.3 is 10.2 Å². The lowest BCUT2D eigenvalue weighted by Crippen LogP contribution is -2.43. The number of nitrogens with zero attached hydrogens (tertiary/aromatic N) is 3. The van der Waals surface area contributed by atoms with Crippen molar-refractivity contribution in [1.82, 2.24) is 9.29 Å². The van der Waals surface area contributed by atoms with E-state index in [-0.39, 0.29) is 5.13 Å². The third-order valence-corrected chi connectivity index (χ3v) is 4.93. The molecule has 1 fully saturated rings. The number of aromatic nitrogens is 1. The van der Waals surface area contributed by atoms with Gasteiger partial charge in [0, 0.05) is 18.5 Å². The normalized spacial score (nSPS) is 18.5. The van der Waals surface area contributed by atoms with Gasteiger partial charge in [0.05, 0.1) is 13.2 Å². The second-order valence-electron chi connectivity index (χ2n) is 3.84. The van der Waals surface area contributed by atoms with Crippen molar-refractivity contribution in [2.75, 3.05) is 31.0 Å². The quantitative estimate of drug-likeness (QED) is 0.474. The topological polar surface area (TPSA) is 104 Å². The third-order valence-electron chi connectivity index (χ3n) is 2.55. The average Bonchev–Trinajstić information content (AvgIpc) is 2.86. The van der Waals surface area contributed by atoms with Crippen molar-refractivity contribution in [1.29, 1.82) is 0 Å². The zero-order valence-corrected chi connectivity index (χ0v) is 11.9. The molecular weight excluding hydrogens is 292 g/mol. The molecule has 1 aromatic heterocycles. The van der Waals surface area contributed by atoms with Gasteiger partial charge in [0.15, 0.2) is 5.13 Å². The summed E-state index contributed by atoms with van der Waals surface area (Å²) in [6, 6.07) is 0. The molecule has 0 amide bonds. The first-order chi connectivity index (χ1) is 9.03. The molecule has 0 aromatic carbocycles. The van der Waals surface area contributed by atoms with Gasteiger partial charge in [-0.15, -0.1) is 11.3 Å². The smallest absolute Gasteiger partial charge is 0.303 e. The Bertz CT molecular complexity index is 563. The Morgan fingerprint density at radius 2 is 2.26 bits per heavy atom. The number of hydrogen-bond acceptors (Lipinski definition) is 7. The van der Waals surface area contributed by atoms with Crippen LogP contribution in [0.3, 0.4) is 0 Å². The molecule has 19 heavy (non-hydrogen) atoms. The van der Waals surface area contributed by atoms with E-state index in [0.29, 0.717) is 37.7 Å². The van der Waals surface area contributed by atoms with Crippen LogP contribution in [0.1, 0.15) is 12.6 Å². The van der Waals surface area contributed by atoms with Gasteiger partial charge in [-0.1, -0.05) is 5.16 Å². The number of thiazole rings is 1. The van der Waals surface area contributed by atoms with Crippen molar-refractivity contribution in [3.63, 3.8) is 0 Å². The lowest BCUT2D eigenvalue weighted by Gasteiger charge is -2.25. The Morgan fingerprint density at radius 1 is 1.58 bits per heavy atom. The fourth-order valence-corrected chi connectivity index (χ4v) is 3.63. The maximum atomic E-state index is 12.0. The highest BCUT2D eigenvalue weighted by Crippen LogP contribution is 2.19. The molecule has 1 saturated heterocycles. The molecule has 0 spiro atoms. The Kier molecular flexibility index (Phi) is 4.34. The average molecular weight is 306 g/mol. The van der Waals surface area contributed by atoms with E-state index in [1.165, 1.54) is 4.31 Å². The van der Waals surface area contributed by atoms with Gasteiger partial charge in [-0.3, -0.25) is 0 Å². The molecule has 2 heterocycles. The van der Waals surface area contributed by atoms with E-state index in [4.69, 9.17) is 9.94 Å². The second-order valence-corrected chi connectivity index (χ2v) is 6.37. The summed E-state index contributed by atoms with van der Waals surface area (Å²) >= 11 is 1.13. The van der Waals surface area contributed by atoms with Gasteiger partial charge in [0.1, 0.15) is 11.4 Å². The molecule has 0 bridgehead atoms. The zero-order chi connectivity index (χ0) is 13.9. The Morgan fingerprint density at radius 3 is 2.89 bits per heavy atom. The van der Waals surface area contributed by atoms with Crippen LogP contribution < -0.4 is 4.72 Å². The maximum absolute atomic E-state index is 12.0. The van der Waals surface area contributed by atoms with Gasteiger partial charge in [-0.2, -0.15) is 12.7 Å². The van der Waals surface area contributed by atoms with Gasteiger partial charge in [0.25, 0.3) is 0 Å². The fraction of sp³-hybridized carbons (Fsp3) is 0.556. The SMILES string of the molecule is CC(=NO)c1csc(NS(=O)(=O)N2CCOCC2)n1. The monoisotopic (exact) mass is 306 g/mol. The lowest BCUT2D eigenvalue weighted by atomic mass is 10.3. The van der Waals surface area contributed by atoms with Crippen LogP contribution in [0, 0.1) is 0 Å². The summed E-state index contributed by atoms with van der Waals surface area (Å²) in [5.74, 6) is 0. The van der Waals surface area contributed by atoms with E-state index in [2.05, 4.69) is 14.9 Å². The second kappa shape index (κ2) is 5.82. The van der Waals surface area contributed by atoms with E-state index in [1.54, 1.807) is 12.3 Å². The van der Waals surface area contributed by atoms with Crippen LogP contribution in [0.5, 0.6) is 0 Å². The zero-order valence-electron chi connectivity index (χ0n) is 10.2. The van der Waals surface area contributed by atoms with Crippen molar-refractivity contribution >= 4 is 32.4 Å². The minimum Gasteiger partial charge on any atom is -0.411 e. The number of rotatable bonds is 4. The summed E-state index contributed by atoms with van der Waals surface area (Å²) in [4.78, 5) is 4.04. The fourth-order valence-electron chi connectivity index (χ4n) is 1.50. The van der Waals surface area contributed by atoms with Crippen LogP contribution in [-0.4, -0.2) is 54.9 Å². The predicted octanol–water partition coefficient (Wildman–Crippen LogP) is 0.330. The first kappa shape index (κ1) is 14.2. The highest BCUT2D eigenvalue weighted by Gasteiger charge is 2.25. The molecule has 0 atom stereocenters. The number of ether oxygens (including phenoxy) is 1. The molecular formula is C9H14N4O4S2. The van der Waals surface area contributed by atoms with Crippen molar-refractivity contribution < 1.29 is 18.4 Å². The molecule has 8 nitrogen and oxygen atoms in total. The third kappa shape index (κ3) is 3.41. The number of nitrogens with one attached hydrogen (secondary N) is 1. The number of morpholine rings is 1. The summed E-state index contributed by atoms with van der Waals surface area (Å²) in [6.07, 6.45) is 0. The summed E-state index contributed by atoms with van der Waals surface area (Å²) in [5, 5.41) is 13.5. The van der Waals surface area contributed by atoms with Crippen LogP contribution in [0.25, 0.3) is 0 Å². The van der Waals surface area contributed by atoms with Crippen molar-refractivity contribution in [2.45, 2.75) is 6.92 Å². The van der Waals surface area contributed by atoms with Crippen molar-refractivity contribution in [3.8, 4) is 0 Å². The highest BCUT2D eigenvalue weighted by atomic mass is 32.2. The first-order valence-corrected chi connectivity index (χ1v) is 7.85. The Balaban J connectivity index is 2.09. The molecule has 0 aliphatic carbocycles. The molecule has 2 rings (SSSR count). The van der Waals surface area contributed by atoms with Crippen LogP contribution in [-0.2, 0) is 14.9 Å². The molecule has 0 saturated carbocycles. The van der Waals surface area contributed by atoms with Crippen molar-refractivity contribution in [2.24, 2.45) is 5.16 Å². The summed E-state index contributed by atoms with van der Waals surface area (Å²) < 4.78 is 32.9. The van der Waals surface area contributed by atoms with Crippen LogP contribution in [0.2, 0.25) is 0 Å². The minimum atomic E-state index is -3.61. The van der Waals surface area contributed by atoms with E-state index in [9.17, 15) is 8.42 Å². The Hall–Kier alpha value is -1.23. The van der Waals surface area contributed by atoms with Crippen molar-refractivity contribution in [3.05, 3.63) is 11.1 Å². The molecule has 1 aliphatic heterocycles. The number of oxime groups is 1. The number of hydrogen-bond donors (Lipinski definition) is 2. The summed E-state index contributed by atoms with van der Waals surface area (Å²) in [6.45, 7) is 3.01. The molecule has 106 valence electrons. The first-order valence-electron chi connectivity index (χ1n) is 5.53. The predicted molar refractivity (Wildman–Crippen MR) is 71.0 cm³/mol. The van der Waals surface area contributed by atoms with E-state index in [1.807, 2.05) is 0 Å². The van der Waals surface area contributed by atoms with Gasteiger partial charge in [0.2, 0.25) is 0 Å². The standard InChI is InChI=1S/C9H14N4O4S2/c1-7(11-14)8-6-18-9(10-8)12-19(15,16)13-2-4-17-5-3-13/h6,14H,2-5H2,1H3,(H,10,12). The molecule has 1 aliphatic rings. The maximum Gasteiger partial charge on any atom is 0.303 e. The van der Waals surface area contributed by atoms with Gasteiger partial charge in [-0.05, 0) is 6.92 Å². The largest absolute Gasteiger partial charge is 0.411 e. The van der Waals surface area contributed by atoms with E-state index >= 15 is 0 Å². The van der Waals surface area contributed by atoms with Gasteiger partial charge in [-0.25, -0.2) is 9.71 Å². The highest BCUT2D eigenvalue weighted by molar-refractivity contribution is 7.90. The van der Waals surface area contributed by atoms with E-state index in [0.717, 1.165) is 11.3 Å². The lowest BCUT2D eigenvalue weighted by molar-refractivity contribution is 0.0733. The molecule has 10 heteroatoms. The van der Waals surface area contributed by atoms with E-state index < -0.39 is 10.2 Å². The molecule has 0 radical (unpaired) electrons.